The molecule has 1 amide bonds. The van der Waals surface area contributed by atoms with Crippen LogP contribution in [0.2, 0.25) is 0 Å². The van der Waals surface area contributed by atoms with E-state index in [2.05, 4.69) is 28.0 Å². The third-order valence-electron chi connectivity index (χ3n) is 6.29. The van der Waals surface area contributed by atoms with Gasteiger partial charge in [-0.05, 0) is 30.5 Å². The Morgan fingerprint density at radius 3 is 2.66 bits per heavy atom. The number of ether oxygens (including phenoxy) is 1. The zero-order valence-corrected chi connectivity index (χ0v) is 18.0. The topological polar surface area (TPSA) is 70.2 Å². The summed E-state index contributed by atoms with van der Waals surface area (Å²) in [5.41, 5.74) is 2.62. The van der Waals surface area contributed by atoms with E-state index in [1.54, 1.807) is 4.90 Å². The average Bonchev–Trinajstić information content (AvgIpc) is 3.29. The van der Waals surface area contributed by atoms with Crippen molar-refractivity contribution >= 4 is 15.7 Å². The molecule has 0 aliphatic carbocycles. The Bertz CT molecular complexity index is 849. The van der Waals surface area contributed by atoms with Gasteiger partial charge in [-0.1, -0.05) is 12.1 Å². The smallest absolute Gasteiger partial charge is 0.237 e. The van der Waals surface area contributed by atoms with Gasteiger partial charge in [-0.15, -0.1) is 0 Å². The van der Waals surface area contributed by atoms with Crippen LogP contribution in [0.5, 0.6) is 5.75 Å². The van der Waals surface area contributed by atoms with Crippen molar-refractivity contribution in [3.63, 3.8) is 0 Å². The minimum Gasteiger partial charge on any atom is -0.493 e. The lowest BCUT2D eigenvalue weighted by Gasteiger charge is -2.36. The Balaban J connectivity index is 1.25. The van der Waals surface area contributed by atoms with E-state index in [9.17, 15) is 13.2 Å². The fourth-order valence-electron chi connectivity index (χ4n) is 4.64. The van der Waals surface area contributed by atoms with Crippen LogP contribution in [0, 0.1) is 0 Å². The number of nitrogens with zero attached hydrogens (tertiary/aromatic N) is 3. The second kappa shape index (κ2) is 8.62. The van der Waals surface area contributed by atoms with Crippen molar-refractivity contribution in [2.75, 3.05) is 57.4 Å². The predicted molar refractivity (Wildman–Crippen MR) is 112 cm³/mol. The normalized spacial score (nSPS) is 24.2. The lowest BCUT2D eigenvalue weighted by Crippen LogP contribution is -2.51. The number of amides is 1. The Morgan fingerprint density at radius 2 is 1.97 bits per heavy atom. The van der Waals surface area contributed by atoms with Gasteiger partial charge in [0.1, 0.15) is 5.75 Å². The minimum atomic E-state index is -2.98. The number of carbonyl (C=O) groups excluding carboxylic acids is 1. The Kier molecular flexibility index (Phi) is 6.13. The molecule has 0 spiro atoms. The molecule has 4 rings (SSSR count). The quantitative estimate of drug-likeness (QED) is 0.676. The van der Waals surface area contributed by atoms with Crippen molar-refractivity contribution < 1.29 is 17.9 Å². The van der Waals surface area contributed by atoms with E-state index in [0.717, 1.165) is 51.5 Å². The molecule has 29 heavy (non-hydrogen) atoms. The monoisotopic (exact) mass is 421 g/mol. The number of sulfone groups is 1. The van der Waals surface area contributed by atoms with Crippen molar-refractivity contribution in [3.05, 3.63) is 29.3 Å². The summed E-state index contributed by atoms with van der Waals surface area (Å²) in [7, 11) is -2.98. The van der Waals surface area contributed by atoms with Crippen LogP contribution in [0.1, 0.15) is 24.5 Å². The maximum Gasteiger partial charge on any atom is 0.237 e. The van der Waals surface area contributed by atoms with Crippen molar-refractivity contribution in [2.24, 2.45) is 0 Å². The molecule has 1 aromatic carbocycles. The molecule has 2 saturated heterocycles. The third-order valence-corrected chi connectivity index (χ3v) is 8.04. The van der Waals surface area contributed by atoms with E-state index in [-0.39, 0.29) is 23.5 Å². The van der Waals surface area contributed by atoms with E-state index >= 15 is 0 Å². The standard InChI is InChI=1S/C21H31N3O4S/c1-2-24(19-6-12-29(26,27)16-19)21(25)15-23-9-7-22(8-10-23)14-17-3-4-20-18(13-17)5-11-28-20/h3-4,13,19H,2,5-12,14-16H2,1H3. The number of carbonyl (C=O) groups is 1. The Morgan fingerprint density at radius 1 is 1.21 bits per heavy atom. The first-order valence-corrected chi connectivity index (χ1v) is 12.4. The predicted octanol–water partition coefficient (Wildman–Crippen LogP) is 0.775. The maximum absolute atomic E-state index is 12.8. The molecule has 1 unspecified atom stereocenters. The third kappa shape index (κ3) is 4.92. The molecular weight excluding hydrogens is 390 g/mol. The number of hydrogen-bond acceptors (Lipinski definition) is 6. The fourth-order valence-corrected chi connectivity index (χ4v) is 6.37. The van der Waals surface area contributed by atoms with Crippen LogP contribution in [0.25, 0.3) is 0 Å². The zero-order chi connectivity index (χ0) is 20.4. The highest BCUT2D eigenvalue weighted by molar-refractivity contribution is 7.91. The second-order valence-electron chi connectivity index (χ2n) is 8.33. The summed E-state index contributed by atoms with van der Waals surface area (Å²) in [6.07, 6.45) is 1.57. The number of likely N-dealkylation sites (N-methyl/N-ethyl adjacent to an activating group) is 1. The van der Waals surface area contributed by atoms with Gasteiger partial charge in [0.25, 0.3) is 0 Å². The molecule has 0 radical (unpaired) electrons. The number of rotatable bonds is 6. The van der Waals surface area contributed by atoms with Crippen LogP contribution in [-0.2, 0) is 27.6 Å². The molecule has 0 saturated carbocycles. The summed E-state index contributed by atoms with van der Waals surface area (Å²) in [6, 6.07) is 6.33. The zero-order valence-electron chi connectivity index (χ0n) is 17.2. The molecule has 8 heteroatoms. The van der Waals surface area contributed by atoms with Crippen LogP contribution in [0.4, 0.5) is 0 Å². The van der Waals surface area contributed by atoms with Crippen molar-refractivity contribution in [1.82, 2.24) is 14.7 Å². The van der Waals surface area contributed by atoms with E-state index in [4.69, 9.17) is 4.74 Å². The highest BCUT2D eigenvalue weighted by atomic mass is 32.2. The van der Waals surface area contributed by atoms with Crippen LogP contribution in [-0.4, -0.2) is 92.4 Å². The summed E-state index contributed by atoms with van der Waals surface area (Å²) in [5.74, 6) is 1.40. The van der Waals surface area contributed by atoms with Gasteiger partial charge >= 0.3 is 0 Å². The molecule has 1 atom stereocenters. The Hall–Kier alpha value is -1.64. The summed E-state index contributed by atoms with van der Waals surface area (Å²) < 4.78 is 29.1. The van der Waals surface area contributed by atoms with Crippen LogP contribution in [0.15, 0.2) is 18.2 Å². The lowest BCUT2D eigenvalue weighted by atomic mass is 10.1. The molecule has 3 aliphatic heterocycles. The molecule has 3 aliphatic rings. The van der Waals surface area contributed by atoms with E-state index in [1.807, 2.05) is 6.92 Å². The molecule has 0 N–H and O–H groups in total. The van der Waals surface area contributed by atoms with Crippen LogP contribution in [0.3, 0.4) is 0 Å². The van der Waals surface area contributed by atoms with Crippen molar-refractivity contribution in [1.29, 1.82) is 0 Å². The van der Waals surface area contributed by atoms with Gasteiger partial charge in [0.05, 0.1) is 24.7 Å². The fraction of sp³-hybridized carbons (Fsp3) is 0.667. The van der Waals surface area contributed by atoms with Gasteiger partial charge in [-0.3, -0.25) is 14.6 Å². The van der Waals surface area contributed by atoms with Gasteiger partial charge in [0, 0.05) is 51.7 Å². The summed E-state index contributed by atoms with van der Waals surface area (Å²) in [5, 5.41) is 0. The van der Waals surface area contributed by atoms with Gasteiger partial charge in [0.15, 0.2) is 9.84 Å². The van der Waals surface area contributed by atoms with Crippen molar-refractivity contribution in [3.8, 4) is 5.75 Å². The van der Waals surface area contributed by atoms with Gasteiger partial charge in [-0.2, -0.15) is 0 Å². The minimum absolute atomic E-state index is 0.0571. The van der Waals surface area contributed by atoms with Gasteiger partial charge in [0.2, 0.25) is 5.91 Å². The highest BCUT2D eigenvalue weighted by Crippen LogP contribution is 2.26. The Labute approximate surface area is 173 Å². The highest BCUT2D eigenvalue weighted by Gasteiger charge is 2.34. The van der Waals surface area contributed by atoms with Crippen molar-refractivity contribution in [2.45, 2.75) is 32.4 Å². The number of fused-ring (bicyclic) bond motifs is 1. The van der Waals surface area contributed by atoms with Gasteiger partial charge in [-0.25, -0.2) is 8.42 Å². The van der Waals surface area contributed by atoms with Crippen LogP contribution < -0.4 is 4.74 Å². The van der Waals surface area contributed by atoms with E-state index in [1.165, 1.54) is 11.1 Å². The molecule has 0 bridgehead atoms. The average molecular weight is 422 g/mol. The number of piperazine rings is 1. The molecule has 1 aromatic rings. The largest absolute Gasteiger partial charge is 0.493 e. The number of hydrogen-bond donors (Lipinski definition) is 0. The summed E-state index contributed by atoms with van der Waals surface area (Å²) in [4.78, 5) is 19.2. The SMILES string of the molecule is CCN(C(=O)CN1CCN(Cc2ccc3c(c2)CCO3)CC1)C1CCS(=O)(=O)C1. The van der Waals surface area contributed by atoms with Gasteiger partial charge < -0.3 is 9.64 Å². The van der Waals surface area contributed by atoms with Crippen LogP contribution >= 0.6 is 0 Å². The molecule has 160 valence electrons. The first kappa shape index (κ1) is 20.6. The molecule has 2 fully saturated rings. The molecule has 3 heterocycles. The second-order valence-corrected chi connectivity index (χ2v) is 10.6. The molecule has 0 aromatic heterocycles. The first-order valence-electron chi connectivity index (χ1n) is 10.6. The van der Waals surface area contributed by atoms with E-state index in [0.29, 0.717) is 19.5 Å². The number of benzene rings is 1. The van der Waals surface area contributed by atoms with E-state index < -0.39 is 9.84 Å². The summed E-state index contributed by atoms with van der Waals surface area (Å²) >= 11 is 0. The summed E-state index contributed by atoms with van der Waals surface area (Å²) in [6.45, 7) is 8.19. The lowest BCUT2D eigenvalue weighted by molar-refractivity contribution is -0.134. The maximum atomic E-state index is 12.8. The molecule has 7 nitrogen and oxygen atoms in total. The first-order chi connectivity index (χ1) is 13.9. The molecular formula is C21H31N3O4S.